The number of alkyl halides is 1. The van der Waals surface area contributed by atoms with Crippen molar-refractivity contribution in [2.75, 3.05) is 0 Å². The Morgan fingerprint density at radius 2 is 1.83 bits per heavy atom. The molecule has 0 saturated heterocycles. The minimum absolute atomic E-state index is 0.305. The zero-order chi connectivity index (χ0) is 17.5. The van der Waals surface area contributed by atoms with Crippen LogP contribution in [0.4, 0.5) is 4.39 Å². The average Bonchev–Trinajstić information content (AvgIpc) is 2.89. The molecule has 1 fully saturated rings. The molecule has 0 aliphatic heterocycles. The van der Waals surface area contributed by atoms with Crippen LogP contribution in [0.25, 0.3) is 0 Å². The molecule has 0 amide bonds. The molecule has 1 N–H and O–H groups in total. The molecule has 1 nitrogen and oxygen atoms in total. The lowest BCUT2D eigenvalue weighted by Crippen LogP contribution is -2.12. The first kappa shape index (κ1) is 16.8. The van der Waals surface area contributed by atoms with Crippen LogP contribution in [0.5, 0.6) is 0 Å². The lowest BCUT2D eigenvalue weighted by molar-refractivity contribution is 0.307. The fraction of sp³-hybridized carbons (Fsp3) is 0.364. The number of aryl methyl sites for hydroxylation is 1. The van der Waals surface area contributed by atoms with Crippen molar-refractivity contribution in [1.82, 2.24) is 4.98 Å². The predicted octanol–water partition coefficient (Wildman–Crippen LogP) is 5.84. The monoisotopic (exact) mass is 323 g/mol. The number of nitrogens with one attached hydrogen (secondary N) is 1. The van der Waals surface area contributed by atoms with Crippen LogP contribution in [-0.2, 0) is 12.1 Å². The molecule has 2 unspecified atom stereocenters. The molecule has 24 heavy (non-hydrogen) atoms. The van der Waals surface area contributed by atoms with Gasteiger partial charge in [-0.05, 0) is 65.5 Å². The highest BCUT2D eigenvalue weighted by molar-refractivity contribution is 5.37. The van der Waals surface area contributed by atoms with Gasteiger partial charge in [-0.2, -0.15) is 0 Å². The summed E-state index contributed by atoms with van der Waals surface area (Å²) in [5.74, 6) is 1.20. The SMILES string of the molecule is C=CC(F)(C=C)c1ccc(CC2C(c3c[nH]c(C)c3)C2(C)C)cc1. The summed E-state index contributed by atoms with van der Waals surface area (Å²) in [7, 11) is 0. The Bertz CT molecular complexity index is 743. The van der Waals surface area contributed by atoms with E-state index in [1.54, 1.807) is 0 Å². The first-order valence-electron chi connectivity index (χ1n) is 8.52. The van der Waals surface area contributed by atoms with Crippen LogP contribution in [0.1, 0.15) is 42.1 Å². The molecule has 1 aliphatic carbocycles. The predicted molar refractivity (Wildman–Crippen MR) is 98.9 cm³/mol. The Labute approximate surface area is 144 Å². The van der Waals surface area contributed by atoms with Crippen molar-refractivity contribution in [2.45, 2.75) is 38.8 Å². The number of hydrogen-bond donors (Lipinski definition) is 1. The van der Waals surface area contributed by atoms with Crippen LogP contribution in [-0.4, -0.2) is 4.98 Å². The summed E-state index contributed by atoms with van der Waals surface area (Å²) in [6.45, 7) is 13.9. The molecule has 1 aliphatic rings. The zero-order valence-corrected chi connectivity index (χ0v) is 14.8. The van der Waals surface area contributed by atoms with Gasteiger partial charge in [-0.15, -0.1) is 0 Å². The Balaban J connectivity index is 1.75. The summed E-state index contributed by atoms with van der Waals surface area (Å²) in [5, 5.41) is 0. The standard InChI is InChI=1S/C22H26FN/c1-6-22(23,7-2)18-10-8-16(9-11-18)13-19-20(21(19,4)5)17-12-15(3)24-14-17/h6-12,14,19-20,24H,1-2,13H2,3-5H3. The quantitative estimate of drug-likeness (QED) is 0.643. The van der Waals surface area contributed by atoms with Gasteiger partial charge in [-0.3, -0.25) is 0 Å². The molecule has 2 heteroatoms. The van der Waals surface area contributed by atoms with Crippen molar-refractivity contribution < 1.29 is 4.39 Å². The van der Waals surface area contributed by atoms with Gasteiger partial charge >= 0.3 is 0 Å². The van der Waals surface area contributed by atoms with Gasteiger partial charge in [0.2, 0.25) is 0 Å². The molecule has 2 aromatic rings. The second-order valence-electron chi connectivity index (χ2n) is 7.60. The van der Waals surface area contributed by atoms with E-state index in [-0.39, 0.29) is 0 Å². The van der Waals surface area contributed by atoms with Crippen LogP contribution in [0.2, 0.25) is 0 Å². The zero-order valence-electron chi connectivity index (χ0n) is 14.8. The third-order valence-electron chi connectivity index (χ3n) is 5.71. The molecule has 1 heterocycles. The number of rotatable bonds is 6. The molecule has 1 saturated carbocycles. The van der Waals surface area contributed by atoms with Crippen LogP contribution < -0.4 is 0 Å². The van der Waals surface area contributed by atoms with Gasteiger partial charge in [-0.1, -0.05) is 51.3 Å². The van der Waals surface area contributed by atoms with Gasteiger partial charge in [0, 0.05) is 11.9 Å². The summed E-state index contributed by atoms with van der Waals surface area (Å²) in [4.78, 5) is 3.29. The highest BCUT2D eigenvalue weighted by Crippen LogP contribution is 2.65. The largest absolute Gasteiger partial charge is 0.365 e. The van der Waals surface area contributed by atoms with Gasteiger partial charge in [0.25, 0.3) is 0 Å². The Morgan fingerprint density at radius 3 is 2.33 bits per heavy atom. The summed E-state index contributed by atoms with van der Waals surface area (Å²) >= 11 is 0. The molecule has 0 spiro atoms. The van der Waals surface area contributed by atoms with Gasteiger partial charge in [0.15, 0.2) is 5.67 Å². The van der Waals surface area contributed by atoms with E-state index in [4.69, 9.17) is 0 Å². The smallest absolute Gasteiger partial charge is 0.171 e. The van der Waals surface area contributed by atoms with E-state index in [0.717, 1.165) is 6.42 Å². The van der Waals surface area contributed by atoms with Crippen LogP contribution >= 0.6 is 0 Å². The Hall–Kier alpha value is -2.09. The van der Waals surface area contributed by atoms with Crippen molar-refractivity contribution >= 4 is 0 Å². The molecule has 0 radical (unpaired) electrons. The molecule has 1 aromatic carbocycles. The fourth-order valence-electron chi connectivity index (χ4n) is 3.97. The first-order chi connectivity index (χ1) is 11.3. The van der Waals surface area contributed by atoms with E-state index in [9.17, 15) is 4.39 Å². The van der Waals surface area contributed by atoms with Crippen molar-refractivity contribution in [3.05, 3.63) is 84.2 Å². The summed E-state index contributed by atoms with van der Waals surface area (Å²) in [5.41, 5.74) is 3.11. The van der Waals surface area contributed by atoms with Gasteiger partial charge in [-0.25, -0.2) is 4.39 Å². The third kappa shape index (κ3) is 2.75. The highest BCUT2D eigenvalue weighted by Gasteiger charge is 2.57. The van der Waals surface area contributed by atoms with Crippen LogP contribution in [0.15, 0.2) is 61.8 Å². The van der Waals surface area contributed by atoms with E-state index in [1.165, 1.54) is 29.0 Å². The fourth-order valence-corrected chi connectivity index (χ4v) is 3.97. The van der Waals surface area contributed by atoms with Crippen molar-refractivity contribution in [2.24, 2.45) is 11.3 Å². The third-order valence-corrected chi connectivity index (χ3v) is 5.71. The molecule has 1 aromatic heterocycles. The van der Waals surface area contributed by atoms with Crippen LogP contribution in [0, 0.1) is 18.3 Å². The number of hydrogen-bond acceptors (Lipinski definition) is 0. The lowest BCUT2D eigenvalue weighted by Gasteiger charge is -2.17. The van der Waals surface area contributed by atoms with E-state index < -0.39 is 5.67 Å². The summed E-state index contributed by atoms with van der Waals surface area (Å²) in [6.07, 6.45) is 5.74. The minimum atomic E-state index is -1.65. The number of benzene rings is 1. The van der Waals surface area contributed by atoms with Gasteiger partial charge in [0.1, 0.15) is 0 Å². The van der Waals surface area contributed by atoms with Crippen LogP contribution in [0.3, 0.4) is 0 Å². The van der Waals surface area contributed by atoms with Gasteiger partial charge < -0.3 is 4.98 Å². The Kier molecular flexibility index (Phi) is 4.03. The molecule has 126 valence electrons. The minimum Gasteiger partial charge on any atom is -0.365 e. The van der Waals surface area contributed by atoms with E-state index in [2.05, 4.69) is 51.2 Å². The van der Waals surface area contributed by atoms with Crippen molar-refractivity contribution in [1.29, 1.82) is 0 Å². The second kappa shape index (κ2) is 5.77. The lowest BCUT2D eigenvalue weighted by atomic mass is 9.93. The normalized spacial score (nSPS) is 22.2. The van der Waals surface area contributed by atoms with Crippen molar-refractivity contribution in [3.63, 3.8) is 0 Å². The van der Waals surface area contributed by atoms with E-state index in [1.807, 2.05) is 24.3 Å². The molecule has 2 atom stereocenters. The first-order valence-corrected chi connectivity index (χ1v) is 8.52. The summed E-state index contributed by atoms with van der Waals surface area (Å²) in [6, 6.07) is 10.0. The molecule has 0 bridgehead atoms. The maximum absolute atomic E-state index is 14.6. The molecule has 3 rings (SSSR count). The maximum Gasteiger partial charge on any atom is 0.171 e. The number of aromatic amines is 1. The number of halogens is 1. The van der Waals surface area contributed by atoms with Gasteiger partial charge in [0.05, 0.1) is 0 Å². The second-order valence-corrected chi connectivity index (χ2v) is 7.60. The average molecular weight is 323 g/mol. The summed E-state index contributed by atoms with van der Waals surface area (Å²) < 4.78 is 14.6. The maximum atomic E-state index is 14.6. The number of H-pyrrole nitrogens is 1. The van der Waals surface area contributed by atoms with E-state index in [0.29, 0.717) is 22.8 Å². The Morgan fingerprint density at radius 1 is 1.21 bits per heavy atom. The number of allylic oxidation sites excluding steroid dienone is 2. The van der Waals surface area contributed by atoms with E-state index >= 15 is 0 Å². The molecular weight excluding hydrogens is 297 g/mol. The highest BCUT2D eigenvalue weighted by atomic mass is 19.1. The molecular formula is C22H26FN. The topological polar surface area (TPSA) is 15.8 Å². The van der Waals surface area contributed by atoms with Crippen molar-refractivity contribution in [3.8, 4) is 0 Å². The number of aromatic nitrogens is 1.